The molecule has 0 unspecified atom stereocenters. The molecule has 3 amide bonds. The van der Waals surface area contributed by atoms with Crippen molar-refractivity contribution in [2.24, 2.45) is 0 Å². The third-order valence-electron chi connectivity index (χ3n) is 4.83. The quantitative estimate of drug-likeness (QED) is 0.742. The molecule has 2 aliphatic rings. The first-order chi connectivity index (χ1) is 13.1. The average molecular weight is 391 g/mol. The van der Waals surface area contributed by atoms with Crippen molar-refractivity contribution in [2.45, 2.75) is 25.3 Å². The summed E-state index contributed by atoms with van der Waals surface area (Å²) < 4.78 is 0. The maximum Gasteiger partial charge on any atom is 0.281 e. The van der Waals surface area contributed by atoms with Gasteiger partial charge in [-0.1, -0.05) is 30.0 Å². The minimum atomic E-state index is -0.0168. The summed E-state index contributed by atoms with van der Waals surface area (Å²) in [5.74, 6) is 0.799. The van der Waals surface area contributed by atoms with Crippen molar-refractivity contribution in [1.82, 2.24) is 15.1 Å². The van der Waals surface area contributed by atoms with Crippen molar-refractivity contribution in [3.63, 3.8) is 0 Å². The highest BCUT2D eigenvalue weighted by Gasteiger charge is 2.24. The van der Waals surface area contributed by atoms with E-state index in [1.165, 1.54) is 11.8 Å². The number of para-hydroxylation sites is 1. The van der Waals surface area contributed by atoms with E-state index >= 15 is 0 Å². The fraction of sp³-hybridized carbons (Fsp3) is 0.526. The van der Waals surface area contributed by atoms with Crippen molar-refractivity contribution < 1.29 is 14.4 Å². The van der Waals surface area contributed by atoms with Crippen molar-refractivity contribution in [3.8, 4) is 0 Å². The van der Waals surface area contributed by atoms with Crippen LogP contribution in [0.25, 0.3) is 0 Å². The number of amides is 3. The maximum absolute atomic E-state index is 12.1. The second kappa shape index (κ2) is 9.75. The molecule has 0 aliphatic carbocycles. The summed E-state index contributed by atoms with van der Waals surface area (Å²) in [6.07, 6.45) is 2.03. The van der Waals surface area contributed by atoms with Crippen LogP contribution in [0.15, 0.2) is 30.3 Å². The number of hydrogen-bond acceptors (Lipinski definition) is 5. The van der Waals surface area contributed by atoms with Gasteiger partial charge in [0.25, 0.3) is 5.24 Å². The summed E-state index contributed by atoms with van der Waals surface area (Å²) >= 11 is 1.32. The van der Waals surface area contributed by atoms with Crippen LogP contribution < -0.4 is 10.6 Å². The van der Waals surface area contributed by atoms with Gasteiger partial charge in [-0.3, -0.25) is 19.3 Å². The number of piperidine rings is 1. The number of carbonyl (C=O) groups is 3. The van der Waals surface area contributed by atoms with E-state index in [-0.39, 0.29) is 23.1 Å². The Bertz CT molecular complexity index is 662. The molecule has 7 nitrogen and oxygen atoms in total. The molecule has 2 aliphatic heterocycles. The van der Waals surface area contributed by atoms with E-state index < -0.39 is 0 Å². The van der Waals surface area contributed by atoms with Crippen molar-refractivity contribution in [2.75, 3.05) is 43.8 Å². The molecule has 2 fully saturated rings. The zero-order valence-electron chi connectivity index (χ0n) is 15.4. The Kier molecular flexibility index (Phi) is 7.11. The minimum Gasteiger partial charge on any atom is -0.353 e. The summed E-state index contributed by atoms with van der Waals surface area (Å²) in [5, 5.41) is 6.03. The van der Waals surface area contributed by atoms with Crippen LogP contribution in [0.1, 0.15) is 19.3 Å². The predicted molar refractivity (Wildman–Crippen MR) is 107 cm³/mol. The molecular weight excluding hydrogens is 364 g/mol. The van der Waals surface area contributed by atoms with Gasteiger partial charge in [0.05, 0.1) is 6.54 Å². The lowest BCUT2D eigenvalue weighted by molar-refractivity contribution is -0.122. The molecule has 3 rings (SSSR count). The molecule has 0 atom stereocenters. The lowest BCUT2D eigenvalue weighted by atomic mass is 10.0. The van der Waals surface area contributed by atoms with Crippen LogP contribution in [-0.4, -0.2) is 71.4 Å². The van der Waals surface area contributed by atoms with E-state index in [1.807, 2.05) is 30.3 Å². The summed E-state index contributed by atoms with van der Waals surface area (Å²) in [6.45, 7) is 3.17. The lowest BCUT2D eigenvalue weighted by Gasteiger charge is -2.32. The van der Waals surface area contributed by atoms with Crippen LogP contribution in [-0.2, 0) is 9.59 Å². The Morgan fingerprint density at radius 3 is 2.48 bits per heavy atom. The second-order valence-electron chi connectivity index (χ2n) is 6.88. The first-order valence-electron chi connectivity index (χ1n) is 9.38. The molecule has 1 aromatic carbocycles. The first kappa shape index (κ1) is 19.7. The van der Waals surface area contributed by atoms with E-state index in [9.17, 15) is 14.4 Å². The molecule has 0 radical (unpaired) electrons. The third kappa shape index (κ3) is 6.25. The second-order valence-corrected chi connectivity index (χ2v) is 7.93. The van der Waals surface area contributed by atoms with Crippen molar-refractivity contribution in [3.05, 3.63) is 30.3 Å². The van der Waals surface area contributed by atoms with Crippen LogP contribution in [0.3, 0.4) is 0 Å². The van der Waals surface area contributed by atoms with Gasteiger partial charge in [0.1, 0.15) is 0 Å². The van der Waals surface area contributed by atoms with Crippen molar-refractivity contribution >= 4 is 34.5 Å². The number of likely N-dealkylation sites (tertiary alicyclic amines) is 1. The van der Waals surface area contributed by atoms with Gasteiger partial charge >= 0.3 is 0 Å². The zero-order valence-corrected chi connectivity index (χ0v) is 16.2. The number of nitrogens with one attached hydrogen (secondary N) is 2. The standard InChI is InChI=1S/C19H26N4O3S/c24-17(8-11-23-12-13-27-19(23)26)20-16-6-9-22(10-7-16)14-18(25)21-15-4-2-1-3-5-15/h1-5,16H,6-14H2,(H,20,24)(H,21,25). The summed E-state index contributed by atoms with van der Waals surface area (Å²) in [7, 11) is 0. The third-order valence-corrected chi connectivity index (χ3v) is 5.72. The zero-order chi connectivity index (χ0) is 19.1. The number of thioether (sulfide) groups is 1. The van der Waals surface area contributed by atoms with E-state index in [4.69, 9.17) is 0 Å². The fourth-order valence-electron chi connectivity index (χ4n) is 3.33. The SMILES string of the molecule is O=C(CN1CCC(NC(=O)CCN2CCSC2=O)CC1)Nc1ccccc1. The van der Waals surface area contributed by atoms with Gasteiger partial charge in [-0.05, 0) is 25.0 Å². The van der Waals surface area contributed by atoms with Crippen LogP contribution in [0.2, 0.25) is 0 Å². The number of rotatable bonds is 7. The molecule has 146 valence electrons. The van der Waals surface area contributed by atoms with Gasteiger partial charge in [0.15, 0.2) is 0 Å². The number of nitrogens with zero attached hydrogens (tertiary/aromatic N) is 2. The molecule has 8 heteroatoms. The highest BCUT2D eigenvalue weighted by molar-refractivity contribution is 8.13. The van der Waals surface area contributed by atoms with Gasteiger partial charge in [0, 0.05) is 50.1 Å². The van der Waals surface area contributed by atoms with E-state index in [0.717, 1.165) is 43.9 Å². The highest BCUT2D eigenvalue weighted by atomic mass is 32.2. The van der Waals surface area contributed by atoms with Crippen LogP contribution in [0.4, 0.5) is 10.5 Å². The highest BCUT2D eigenvalue weighted by Crippen LogP contribution is 2.17. The largest absolute Gasteiger partial charge is 0.353 e. The van der Waals surface area contributed by atoms with Gasteiger partial charge in [0.2, 0.25) is 11.8 Å². The Balaban J connectivity index is 1.32. The molecule has 2 saturated heterocycles. The Morgan fingerprint density at radius 1 is 1.07 bits per heavy atom. The fourth-order valence-corrected chi connectivity index (χ4v) is 4.18. The number of carbonyl (C=O) groups excluding carboxylic acids is 3. The molecular formula is C19H26N4O3S. The number of hydrogen-bond donors (Lipinski definition) is 2. The van der Waals surface area contributed by atoms with Gasteiger partial charge in [-0.15, -0.1) is 0 Å². The van der Waals surface area contributed by atoms with Crippen LogP contribution in [0, 0.1) is 0 Å². The molecule has 0 bridgehead atoms. The Labute approximate surface area is 163 Å². The Hall–Kier alpha value is -2.06. The number of anilines is 1. The summed E-state index contributed by atoms with van der Waals surface area (Å²) in [4.78, 5) is 39.6. The maximum atomic E-state index is 12.1. The molecule has 27 heavy (non-hydrogen) atoms. The van der Waals surface area contributed by atoms with E-state index in [2.05, 4.69) is 15.5 Å². The van der Waals surface area contributed by atoms with Crippen LogP contribution >= 0.6 is 11.8 Å². The van der Waals surface area contributed by atoms with Gasteiger partial charge in [-0.2, -0.15) is 0 Å². The van der Waals surface area contributed by atoms with E-state index in [0.29, 0.717) is 19.5 Å². The molecule has 1 aromatic rings. The smallest absolute Gasteiger partial charge is 0.281 e. The van der Waals surface area contributed by atoms with Gasteiger partial charge < -0.3 is 15.5 Å². The monoisotopic (exact) mass is 390 g/mol. The normalized spacial score (nSPS) is 18.5. The van der Waals surface area contributed by atoms with Crippen molar-refractivity contribution in [1.29, 1.82) is 0 Å². The van der Waals surface area contributed by atoms with Gasteiger partial charge in [-0.25, -0.2) is 0 Å². The number of benzene rings is 1. The summed E-state index contributed by atoms with van der Waals surface area (Å²) in [5.41, 5.74) is 0.805. The molecule has 2 N–H and O–H groups in total. The molecule has 0 aromatic heterocycles. The topological polar surface area (TPSA) is 81.8 Å². The summed E-state index contributed by atoms with van der Waals surface area (Å²) in [6, 6.07) is 9.58. The molecule has 0 saturated carbocycles. The average Bonchev–Trinajstić information content (AvgIpc) is 3.07. The van der Waals surface area contributed by atoms with E-state index in [1.54, 1.807) is 4.90 Å². The predicted octanol–water partition coefficient (Wildman–Crippen LogP) is 1.76. The lowest BCUT2D eigenvalue weighted by Crippen LogP contribution is -2.47. The molecule has 2 heterocycles. The first-order valence-corrected chi connectivity index (χ1v) is 10.4. The minimum absolute atomic E-state index is 0.0000272. The van der Waals surface area contributed by atoms with Crippen LogP contribution in [0.5, 0.6) is 0 Å². The Morgan fingerprint density at radius 2 is 1.81 bits per heavy atom. The molecule has 0 spiro atoms.